The number of nitrogens with zero attached hydrogens (tertiary/aromatic N) is 2. The maximum absolute atomic E-state index is 11.6. The van der Waals surface area contributed by atoms with E-state index in [1.807, 2.05) is 31.1 Å². The number of hydrogen-bond donors (Lipinski definition) is 0. The van der Waals surface area contributed by atoms with E-state index in [1.54, 1.807) is 10.8 Å². The van der Waals surface area contributed by atoms with E-state index in [-0.39, 0.29) is 0 Å². The second-order valence-corrected chi connectivity index (χ2v) is 3.84. The molecule has 0 aliphatic carbocycles. The SMILES string of the molecule is CO/C=C(/C(=O)OC)n1cccc1CN(C)C. The Hall–Kier alpha value is -1.75. The molecular formula is C12H18N2O3. The molecule has 5 nitrogen and oxygen atoms in total. The highest BCUT2D eigenvalue weighted by atomic mass is 16.5. The van der Waals surface area contributed by atoms with Crippen molar-refractivity contribution >= 4 is 11.7 Å². The van der Waals surface area contributed by atoms with Gasteiger partial charge in [-0.05, 0) is 26.2 Å². The average Bonchev–Trinajstić information content (AvgIpc) is 2.72. The summed E-state index contributed by atoms with van der Waals surface area (Å²) in [5.41, 5.74) is 1.35. The molecule has 0 fully saturated rings. The molecule has 0 saturated heterocycles. The summed E-state index contributed by atoms with van der Waals surface area (Å²) in [7, 11) is 6.78. The van der Waals surface area contributed by atoms with E-state index in [1.165, 1.54) is 20.5 Å². The number of rotatable bonds is 5. The normalized spacial score (nSPS) is 11.7. The van der Waals surface area contributed by atoms with Crippen molar-refractivity contribution in [2.45, 2.75) is 6.54 Å². The Bertz CT molecular complexity index is 408. The third kappa shape index (κ3) is 3.35. The minimum absolute atomic E-state index is 0.358. The lowest BCUT2D eigenvalue weighted by atomic mass is 10.3. The van der Waals surface area contributed by atoms with Gasteiger partial charge in [-0.3, -0.25) is 0 Å². The zero-order valence-corrected chi connectivity index (χ0v) is 10.6. The Morgan fingerprint density at radius 1 is 1.47 bits per heavy atom. The molecule has 0 bridgehead atoms. The summed E-state index contributed by atoms with van der Waals surface area (Å²) in [6.07, 6.45) is 3.19. The fourth-order valence-electron chi connectivity index (χ4n) is 1.52. The fraction of sp³-hybridized carbons (Fsp3) is 0.417. The molecule has 0 saturated carbocycles. The minimum atomic E-state index is -0.428. The molecule has 0 aromatic carbocycles. The van der Waals surface area contributed by atoms with Crippen LogP contribution in [0, 0.1) is 0 Å². The number of hydrogen-bond acceptors (Lipinski definition) is 4. The Balaban J connectivity index is 3.07. The number of carbonyl (C=O) groups is 1. The number of carbonyl (C=O) groups excluding carboxylic acids is 1. The van der Waals surface area contributed by atoms with Crippen molar-refractivity contribution in [1.29, 1.82) is 0 Å². The molecule has 5 heteroatoms. The van der Waals surface area contributed by atoms with Gasteiger partial charge in [-0.25, -0.2) is 4.79 Å². The van der Waals surface area contributed by atoms with Crippen molar-refractivity contribution in [3.63, 3.8) is 0 Å². The summed E-state index contributed by atoms with van der Waals surface area (Å²) in [5.74, 6) is -0.428. The first-order valence-corrected chi connectivity index (χ1v) is 5.22. The van der Waals surface area contributed by atoms with Crippen molar-refractivity contribution in [1.82, 2.24) is 9.47 Å². The number of ether oxygens (including phenoxy) is 2. The number of aromatic nitrogens is 1. The van der Waals surface area contributed by atoms with E-state index in [0.717, 1.165) is 12.2 Å². The predicted molar refractivity (Wildman–Crippen MR) is 65.1 cm³/mol. The van der Waals surface area contributed by atoms with E-state index >= 15 is 0 Å². The first kappa shape index (κ1) is 13.3. The molecule has 17 heavy (non-hydrogen) atoms. The van der Waals surface area contributed by atoms with Crippen LogP contribution in [-0.4, -0.2) is 43.8 Å². The first-order valence-electron chi connectivity index (χ1n) is 5.22. The van der Waals surface area contributed by atoms with E-state index in [4.69, 9.17) is 9.47 Å². The topological polar surface area (TPSA) is 43.7 Å². The van der Waals surface area contributed by atoms with Crippen LogP contribution < -0.4 is 0 Å². The van der Waals surface area contributed by atoms with Crippen LogP contribution in [0.3, 0.4) is 0 Å². The summed E-state index contributed by atoms with van der Waals surface area (Å²) in [5, 5.41) is 0. The van der Waals surface area contributed by atoms with Gasteiger partial charge in [0.15, 0.2) is 5.70 Å². The molecule has 0 aliphatic rings. The summed E-state index contributed by atoms with van der Waals surface area (Å²) < 4.78 is 11.4. The van der Waals surface area contributed by atoms with Crippen LogP contribution in [0.4, 0.5) is 0 Å². The molecular weight excluding hydrogens is 220 g/mol. The Kier molecular flexibility index (Phi) is 4.78. The smallest absolute Gasteiger partial charge is 0.358 e. The largest absolute Gasteiger partial charge is 0.502 e. The van der Waals surface area contributed by atoms with Crippen LogP contribution in [0.25, 0.3) is 5.70 Å². The van der Waals surface area contributed by atoms with Crippen molar-refractivity contribution in [2.24, 2.45) is 0 Å². The molecule has 0 radical (unpaired) electrons. The third-order valence-corrected chi connectivity index (χ3v) is 2.19. The quantitative estimate of drug-likeness (QED) is 0.439. The van der Waals surface area contributed by atoms with Gasteiger partial charge in [-0.15, -0.1) is 0 Å². The van der Waals surface area contributed by atoms with Gasteiger partial charge in [0.05, 0.1) is 14.2 Å². The van der Waals surface area contributed by atoms with Crippen LogP contribution in [0.1, 0.15) is 5.69 Å². The van der Waals surface area contributed by atoms with Gasteiger partial charge in [0, 0.05) is 18.4 Å². The summed E-state index contributed by atoms with van der Waals surface area (Å²) in [6.45, 7) is 0.727. The Labute approximate surface area is 101 Å². The fourth-order valence-corrected chi connectivity index (χ4v) is 1.52. The van der Waals surface area contributed by atoms with Gasteiger partial charge in [0.2, 0.25) is 0 Å². The molecule has 0 unspecified atom stereocenters. The van der Waals surface area contributed by atoms with Crippen molar-refractivity contribution in [3.05, 3.63) is 30.3 Å². The Morgan fingerprint density at radius 2 is 2.18 bits per heavy atom. The molecule has 1 rings (SSSR count). The van der Waals surface area contributed by atoms with Crippen LogP contribution in [0.5, 0.6) is 0 Å². The molecule has 1 heterocycles. The number of esters is 1. The van der Waals surface area contributed by atoms with Crippen LogP contribution >= 0.6 is 0 Å². The van der Waals surface area contributed by atoms with E-state index in [2.05, 4.69) is 0 Å². The van der Waals surface area contributed by atoms with Crippen molar-refractivity contribution < 1.29 is 14.3 Å². The first-order chi connectivity index (χ1) is 8.10. The highest BCUT2D eigenvalue weighted by Crippen LogP contribution is 2.14. The second-order valence-electron chi connectivity index (χ2n) is 3.84. The van der Waals surface area contributed by atoms with E-state index in [0.29, 0.717) is 5.70 Å². The van der Waals surface area contributed by atoms with Crippen LogP contribution in [0.2, 0.25) is 0 Å². The van der Waals surface area contributed by atoms with Crippen LogP contribution in [-0.2, 0) is 20.8 Å². The van der Waals surface area contributed by atoms with Gasteiger partial charge < -0.3 is 18.9 Å². The monoisotopic (exact) mass is 238 g/mol. The Morgan fingerprint density at radius 3 is 2.71 bits per heavy atom. The molecule has 0 atom stereocenters. The molecule has 1 aromatic rings. The molecule has 0 N–H and O–H groups in total. The predicted octanol–water partition coefficient (Wildman–Crippen LogP) is 1.17. The third-order valence-electron chi connectivity index (χ3n) is 2.19. The zero-order chi connectivity index (χ0) is 12.8. The van der Waals surface area contributed by atoms with Crippen molar-refractivity contribution in [3.8, 4) is 0 Å². The standard InChI is InChI=1S/C12H18N2O3/c1-13(2)8-10-6-5-7-14(10)11(9-16-3)12(15)17-4/h5-7,9H,8H2,1-4H3/b11-9-. The van der Waals surface area contributed by atoms with Gasteiger partial charge in [0.1, 0.15) is 6.26 Å². The van der Waals surface area contributed by atoms with Crippen LogP contribution in [0.15, 0.2) is 24.6 Å². The maximum Gasteiger partial charge on any atom is 0.358 e. The lowest BCUT2D eigenvalue weighted by Crippen LogP contribution is -2.17. The van der Waals surface area contributed by atoms with E-state index < -0.39 is 5.97 Å². The van der Waals surface area contributed by atoms with Crippen molar-refractivity contribution in [2.75, 3.05) is 28.3 Å². The molecule has 0 spiro atoms. The van der Waals surface area contributed by atoms with Gasteiger partial charge in [-0.1, -0.05) is 0 Å². The highest BCUT2D eigenvalue weighted by molar-refractivity contribution is 6.09. The molecule has 1 aromatic heterocycles. The highest BCUT2D eigenvalue weighted by Gasteiger charge is 2.15. The lowest BCUT2D eigenvalue weighted by Gasteiger charge is -2.14. The summed E-state index contributed by atoms with van der Waals surface area (Å²) >= 11 is 0. The van der Waals surface area contributed by atoms with Gasteiger partial charge >= 0.3 is 5.97 Å². The van der Waals surface area contributed by atoms with E-state index in [9.17, 15) is 4.79 Å². The maximum atomic E-state index is 11.6. The molecule has 0 amide bonds. The summed E-state index contributed by atoms with van der Waals surface area (Å²) in [4.78, 5) is 13.7. The molecule has 94 valence electrons. The number of methoxy groups -OCH3 is 2. The second kappa shape index (κ2) is 6.10. The summed E-state index contributed by atoms with van der Waals surface area (Å²) in [6, 6.07) is 3.83. The average molecular weight is 238 g/mol. The minimum Gasteiger partial charge on any atom is -0.502 e. The van der Waals surface area contributed by atoms with Gasteiger partial charge in [-0.2, -0.15) is 0 Å². The lowest BCUT2D eigenvalue weighted by molar-refractivity contribution is -0.134. The molecule has 0 aliphatic heterocycles. The zero-order valence-electron chi connectivity index (χ0n) is 10.6. The van der Waals surface area contributed by atoms with Gasteiger partial charge in [0.25, 0.3) is 0 Å².